The van der Waals surface area contributed by atoms with Gasteiger partial charge in [-0.2, -0.15) is 0 Å². The van der Waals surface area contributed by atoms with E-state index in [-0.39, 0.29) is 23.9 Å². The van der Waals surface area contributed by atoms with E-state index < -0.39 is 11.7 Å². The van der Waals surface area contributed by atoms with Crippen molar-refractivity contribution in [3.63, 3.8) is 0 Å². The van der Waals surface area contributed by atoms with Gasteiger partial charge in [0.1, 0.15) is 5.82 Å². The molecule has 2 N–H and O–H groups in total. The van der Waals surface area contributed by atoms with Gasteiger partial charge in [-0.15, -0.1) is 0 Å². The molecule has 0 aromatic heterocycles. The highest BCUT2D eigenvalue weighted by atomic mass is 79.9. The SMILES string of the molecule is O=C(NCc1cccc(NC(=O)C2CC2)c1)c1ccc(Br)cc1F. The number of nitrogens with one attached hydrogen (secondary N) is 2. The predicted molar refractivity (Wildman–Crippen MR) is 93.1 cm³/mol. The lowest BCUT2D eigenvalue weighted by atomic mass is 10.1. The van der Waals surface area contributed by atoms with Crippen LogP contribution in [-0.2, 0) is 11.3 Å². The van der Waals surface area contributed by atoms with Crippen molar-refractivity contribution in [2.75, 3.05) is 5.32 Å². The fourth-order valence-electron chi connectivity index (χ4n) is 2.30. The van der Waals surface area contributed by atoms with Crippen molar-refractivity contribution in [3.05, 3.63) is 63.9 Å². The molecule has 0 heterocycles. The number of amides is 2. The van der Waals surface area contributed by atoms with Gasteiger partial charge in [0.2, 0.25) is 5.91 Å². The zero-order valence-corrected chi connectivity index (χ0v) is 14.4. The lowest BCUT2D eigenvalue weighted by molar-refractivity contribution is -0.117. The minimum atomic E-state index is -0.577. The average Bonchev–Trinajstić information content (AvgIpc) is 3.38. The summed E-state index contributed by atoms with van der Waals surface area (Å²) >= 11 is 3.16. The van der Waals surface area contributed by atoms with Crippen LogP contribution in [0, 0.1) is 11.7 Å². The van der Waals surface area contributed by atoms with Gasteiger partial charge >= 0.3 is 0 Å². The van der Waals surface area contributed by atoms with Crippen LogP contribution >= 0.6 is 15.9 Å². The second kappa shape index (κ2) is 7.13. The van der Waals surface area contributed by atoms with E-state index in [1.807, 2.05) is 12.1 Å². The van der Waals surface area contributed by atoms with Crippen LogP contribution in [0.2, 0.25) is 0 Å². The summed E-state index contributed by atoms with van der Waals surface area (Å²) in [5, 5.41) is 5.55. The Labute approximate surface area is 147 Å². The Kier molecular flexibility index (Phi) is 4.94. The van der Waals surface area contributed by atoms with Gasteiger partial charge in [0.25, 0.3) is 5.91 Å². The first kappa shape index (κ1) is 16.6. The molecule has 124 valence electrons. The lowest BCUT2D eigenvalue weighted by Gasteiger charge is -2.09. The minimum Gasteiger partial charge on any atom is -0.348 e. The first-order valence-electron chi connectivity index (χ1n) is 7.66. The number of hydrogen-bond donors (Lipinski definition) is 2. The maximum atomic E-state index is 13.8. The van der Waals surface area contributed by atoms with E-state index in [4.69, 9.17) is 0 Å². The first-order valence-corrected chi connectivity index (χ1v) is 8.45. The molecule has 6 heteroatoms. The van der Waals surface area contributed by atoms with Crippen molar-refractivity contribution in [3.8, 4) is 0 Å². The molecule has 1 fully saturated rings. The summed E-state index contributed by atoms with van der Waals surface area (Å²) in [6.45, 7) is 0.251. The lowest BCUT2D eigenvalue weighted by Crippen LogP contribution is -2.24. The van der Waals surface area contributed by atoms with Gasteiger partial charge in [-0.05, 0) is 48.7 Å². The van der Waals surface area contributed by atoms with Gasteiger partial charge in [-0.1, -0.05) is 28.1 Å². The quantitative estimate of drug-likeness (QED) is 0.813. The average molecular weight is 391 g/mol. The highest BCUT2D eigenvalue weighted by molar-refractivity contribution is 9.10. The minimum absolute atomic E-state index is 0.00334. The maximum Gasteiger partial charge on any atom is 0.254 e. The fraction of sp³-hybridized carbons (Fsp3) is 0.222. The predicted octanol–water partition coefficient (Wildman–Crippen LogP) is 3.87. The smallest absolute Gasteiger partial charge is 0.254 e. The van der Waals surface area contributed by atoms with Crippen LogP contribution in [0.25, 0.3) is 0 Å². The van der Waals surface area contributed by atoms with Crippen LogP contribution in [0.15, 0.2) is 46.9 Å². The second-order valence-electron chi connectivity index (χ2n) is 5.77. The topological polar surface area (TPSA) is 58.2 Å². The molecule has 1 aliphatic rings. The van der Waals surface area contributed by atoms with Crippen LogP contribution in [0.4, 0.5) is 10.1 Å². The number of halogens is 2. The Morgan fingerprint density at radius 3 is 2.67 bits per heavy atom. The number of carbonyl (C=O) groups excluding carboxylic acids is 2. The molecular formula is C18H16BrFN2O2. The molecule has 0 spiro atoms. The summed E-state index contributed by atoms with van der Waals surface area (Å²) in [5.74, 6) is -0.887. The van der Waals surface area contributed by atoms with E-state index in [1.54, 1.807) is 18.2 Å². The van der Waals surface area contributed by atoms with E-state index in [1.165, 1.54) is 12.1 Å². The number of rotatable bonds is 5. The summed E-state index contributed by atoms with van der Waals surface area (Å²) in [5.41, 5.74) is 1.53. The molecule has 2 amide bonds. The van der Waals surface area contributed by atoms with Gasteiger partial charge in [0.15, 0.2) is 0 Å². The molecule has 4 nitrogen and oxygen atoms in total. The third kappa shape index (κ3) is 4.20. The number of hydrogen-bond acceptors (Lipinski definition) is 2. The Morgan fingerprint density at radius 2 is 1.96 bits per heavy atom. The Bertz CT molecular complexity index is 790. The molecule has 0 bridgehead atoms. The molecule has 0 radical (unpaired) electrons. The molecule has 1 aliphatic carbocycles. The third-order valence-electron chi connectivity index (χ3n) is 3.77. The molecular weight excluding hydrogens is 375 g/mol. The second-order valence-corrected chi connectivity index (χ2v) is 6.69. The molecule has 1 saturated carbocycles. The molecule has 0 atom stereocenters. The van der Waals surface area contributed by atoms with Crippen LogP contribution < -0.4 is 10.6 Å². The van der Waals surface area contributed by atoms with Crippen molar-refractivity contribution in [2.24, 2.45) is 5.92 Å². The standard InChI is InChI=1S/C18H16BrFN2O2/c19-13-6-7-15(16(20)9-13)18(24)21-10-11-2-1-3-14(8-11)22-17(23)12-4-5-12/h1-3,6-9,12H,4-5,10H2,(H,21,24)(H,22,23). The van der Waals surface area contributed by atoms with E-state index in [0.717, 1.165) is 18.4 Å². The molecule has 0 saturated heterocycles. The van der Waals surface area contributed by atoms with Gasteiger partial charge in [-0.25, -0.2) is 4.39 Å². The summed E-state index contributed by atoms with van der Waals surface area (Å²) in [4.78, 5) is 23.8. The Balaban J connectivity index is 1.61. The van der Waals surface area contributed by atoms with E-state index in [0.29, 0.717) is 10.2 Å². The first-order chi connectivity index (χ1) is 11.5. The van der Waals surface area contributed by atoms with E-state index in [2.05, 4.69) is 26.6 Å². The Hall–Kier alpha value is -2.21. The maximum absolute atomic E-state index is 13.8. The molecule has 3 rings (SSSR count). The molecule has 24 heavy (non-hydrogen) atoms. The number of benzene rings is 2. The van der Waals surface area contributed by atoms with Gasteiger partial charge in [0, 0.05) is 22.6 Å². The van der Waals surface area contributed by atoms with Crippen LogP contribution in [0.3, 0.4) is 0 Å². The third-order valence-corrected chi connectivity index (χ3v) is 4.26. The van der Waals surface area contributed by atoms with Gasteiger partial charge in [0.05, 0.1) is 5.56 Å². The highest BCUT2D eigenvalue weighted by Gasteiger charge is 2.29. The Morgan fingerprint density at radius 1 is 1.17 bits per heavy atom. The van der Waals surface area contributed by atoms with Crippen molar-refractivity contribution in [1.29, 1.82) is 0 Å². The van der Waals surface area contributed by atoms with Crippen molar-refractivity contribution in [2.45, 2.75) is 19.4 Å². The zero-order chi connectivity index (χ0) is 17.1. The monoisotopic (exact) mass is 390 g/mol. The fourth-order valence-corrected chi connectivity index (χ4v) is 2.63. The van der Waals surface area contributed by atoms with Crippen LogP contribution in [-0.4, -0.2) is 11.8 Å². The summed E-state index contributed by atoms with van der Waals surface area (Å²) in [6, 6.07) is 11.6. The zero-order valence-electron chi connectivity index (χ0n) is 12.8. The largest absolute Gasteiger partial charge is 0.348 e. The number of carbonyl (C=O) groups is 2. The van der Waals surface area contributed by atoms with Crippen molar-refractivity contribution < 1.29 is 14.0 Å². The van der Waals surface area contributed by atoms with E-state index in [9.17, 15) is 14.0 Å². The summed E-state index contributed by atoms with van der Waals surface area (Å²) < 4.78 is 14.4. The molecule has 2 aromatic carbocycles. The summed E-state index contributed by atoms with van der Waals surface area (Å²) in [6.07, 6.45) is 1.89. The van der Waals surface area contributed by atoms with Crippen molar-refractivity contribution >= 4 is 33.4 Å². The summed E-state index contributed by atoms with van der Waals surface area (Å²) in [7, 11) is 0. The van der Waals surface area contributed by atoms with Gasteiger partial charge < -0.3 is 10.6 Å². The van der Waals surface area contributed by atoms with Crippen LogP contribution in [0.5, 0.6) is 0 Å². The van der Waals surface area contributed by atoms with Crippen LogP contribution in [0.1, 0.15) is 28.8 Å². The van der Waals surface area contributed by atoms with E-state index >= 15 is 0 Å². The molecule has 0 unspecified atom stereocenters. The van der Waals surface area contributed by atoms with Gasteiger partial charge in [-0.3, -0.25) is 9.59 Å². The highest BCUT2D eigenvalue weighted by Crippen LogP contribution is 2.30. The van der Waals surface area contributed by atoms with Crippen molar-refractivity contribution in [1.82, 2.24) is 5.32 Å². The number of anilines is 1. The normalized spacial score (nSPS) is 13.4. The molecule has 0 aliphatic heterocycles. The molecule has 2 aromatic rings.